The summed E-state index contributed by atoms with van der Waals surface area (Å²) >= 11 is 3.27. The number of aliphatic hydroxyl groups is 1. The molecule has 86 valence electrons. The van der Waals surface area contributed by atoms with Crippen molar-refractivity contribution in [1.82, 2.24) is 5.32 Å². The third-order valence-corrected chi connectivity index (χ3v) is 3.43. The molecule has 1 aliphatic carbocycles. The van der Waals surface area contributed by atoms with Crippen molar-refractivity contribution >= 4 is 27.5 Å². The summed E-state index contributed by atoms with van der Waals surface area (Å²) in [6.07, 6.45) is 1.01. The van der Waals surface area contributed by atoms with Crippen molar-refractivity contribution in [2.45, 2.75) is 25.0 Å². The van der Waals surface area contributed by atoms with Crippen LogP contribution in [0.2, 0.25) is 0 Å². The highest BCUT2D eigenvalue weighted by Crippen LogP contribution is 2.22. The normalized spacial score (nSPS) is 23.6. The van der Waals surface area contributed by atoms with E-state index in [1.807, 2.05) is 0 Å². The first-order valence-corrected chi connectivity index (χ1v) is 5.89. The van der Waals surface area contributed by atoms with E-state index < -0.39 is 0 Å². The summed E-state index contributed by atoms with van der Waals surface area (Å²) in [5.74, 6) is -0.142. The van der Waals surface area contributed by atoms with Crippen LogP contribution >= 0.6 is 15.9 Å². The highest BCUT2D eigenvalue weighted by molar-refractivity contribution is 9.10. The van der Waals surface area contributed by atoms with Crippen molar-refractivity contribution in [3.8, 4) is 0 Å². The molecule has 0 aliphatic heterocycles. The van der Waals surface area contributed by atoms with Crippen LogP contribution < -0.4 is 11.1 Å². The Kier molecular flexibility index (Phi) is 3.16. The van der Waals surface area contributed by atoms with E-state index in [-0.39, 0.29) is 18.1 Å². The van der Waals surface area contributed by atoms with Gasteiger partial charge in [-0.1, -0.05) is 0 Å². The number of hydrogen-bond donors (Lipinski definition) is 3. The number of carbonyl (C=O) groups is 1. The standard InChI is InChI=1S/C11H13BrN2O2/c12-9-2-1-6(3-10(9)13)11(16)14-7-4-8(15)5-7/h1-3,7-8,15H,4-5,13H2,(H,14,16). The molecular weight excluding hydrogens is 272 g/mol. The Morgan fingerprint density at radius 2 is 2.19 bits per heavy atom. The average molecular weight is 285 g/mol. The summed E-state index contributed by atoms with van der Waals surface area (Å²) < 4.78 is 0.781. The molecule has 1 aromatic rings. The minimum absolute atomic E-state index is 0.0902. The first-order chi connectivity index (χ1) is 7.56. The third kappa shape index (κ3) is 2.36. The zero-order valence-electron chi connectivity index (χ0n) is 8.61. The fourth-order valence-corrected chi connectivity index (χ4v) is 1.91. The Bertz CT molecular complexity index is 416. The van der Waals surface area contributed by atoms with E-state index >= 15 is 0 Å². The molecule has 4 nitrogen and oxygen atoms in total. The summed E-state index contributed by atoms with van der Waals surface area (Å²) in [6, 6.07) is 5.19. The molecule has 1 aliphatic rings. The largest absolute Gasteiger partial charge is 0.398 e. The SMILES string of the molecule is Nc1cc(C(=O)NC2CC(O)C2)ccc1Br. The van der Waals surface area contributed by atoms with Crippen molar-refractivity contribution in [2.75, 3.05) is 5.73 Å². The van der Waals surface area contributed by atoms with Crippen LogP contribution in [-0.4, -0.2) is 23.2 Å². The first kappa shape index (κ1) is 11.4. The van der Waals surface area contributed by atoms with Gasteiger partial charge in [-0.25, -0.2) is 0 Å². The third-order valence-electron chi connectivity index (χ3n) is 2.71. The molecule has 0 saturated heterocycles. The van der Waals surface area contributed by atoms with Gasteiger partial charge >= 0.3 is 0 Å². The minimum Gasteiger partial charge on any atom is -0.398 e. The monoisotopic (exact) mass is 284 g/mol. The summed E-state index contributed by atoms with van der Waals surface area (Å²) in [5.41, 5.74) is 6.78. The molecule has 0 bridgehead atoms. The lowest BCUT2D eigenvalue weighted by atomic mass is 9.89. The summed E-state index contributed by atoms with van der Waals surface area (Å²) in [5, 5.41) is 11.9. The minimum atomic E-state index is -0.264. The maximum absolute atomic E-state index is 11.8. The Hall–Kier alpha value is -1.07. The van der Waals surface area contributed by atoms with Gasteiger partial charge in [0.05, 0.1) is 6.10 Å². The molecular formula is C11H13BrN2O2. The topological polar surface area (TPSA) is 75.4 Å². The van der Waals surface area contributed by atoms with Crippen molar-refractivity contribution in [1.29, 1.82) is 0 Å². The van der Waals surface area contributed by atoms with Gasteiger partial charge in [0, 0.05) is 21.8 Å². The summed E-state index contributed by atoms with van der Waals surface area (Å²) in [6.45, 7) is 0. The molecule has 0 heterocycles. The van der Waals surface area contributed by atoms with Crippen LogP contribution in [0, 0.1) is 0 Å². The van der Waals surface area contributed by atoms with E-state index in [2.05, 4.69) is 21.2 Å². The smallest absolute Gasteiger partial charge is 0.251 e. The highest BCUT2D eigenvalue weighted by Gasteiger charge is 2.28. The fraction of sp³-hybridized carbons (Fsp3) is 0.364. The number of amides is 1. The van der Waals surface area contributed by atoms with Crippen LogP contribution in [0.15, 0.2) is 22.7 Å². The predicted octanol–water partition coefficient (Wildman–Crippen LogP) is 1.28. The van der Waals surface area contributed by atoms with Crippen molar-refractivity contribution in [3.63, 3.8) is 0 Å². The molecule has 0 aromatic heterocycles. The molecule has 4 N–H and O–H groups in total. The molecule has 1 amide bonds. The molecule has 2 rings (SSSR count). The van der Waals surface area contributed by atoms with Gasteiger partial charge in [0.25, 0.3) is 5.91 Å². The Balaban J connectivity index is 2.01. The Morgan fingerprint density at radius 1 is 1.50 bits per heavy atom. The van der Waals surface area contributed by atoms with E-state index in [1.165, 1.54) is 0 Å². The lowest BCUT2D eigenvalue weighted by molar-refractivity contribution is 0.0562. The van der Waals surface area contributed by atoms with Crippen LogP contribution in [0.3, 0.4) is 0 Å². The van der Waals surface area contributed by atoms with Gasteiger partial charge in [-0.05, 0) is 47.0 Å². The number of aliphatic hydroxyl groups excluding tert-OH is 1. The van der Waals surface area contributed by atoms with Gasteiger partial charge in [0.2, 0.25) is 0 Å². The first-order valence-electron chi connectivity index (χ1n) is 5.10. The fourth-order valence-electron chi connectivity index (χ4n) is 1.66. The second kappa shape index (κ2) is 4.43. The van der Waals surface area contributed by atoms with E-state index in [4.69, 9.17) is 10.8 Å². The van der Waals surface area contributed by atoms with E-state index in [0.717, 1.165) is 4.47 Å². The molecule has 0 unspecified atom stereocenters. The quantitative estimate of drug-likeness (QED) is 0.717. The number of halogens is 1. The van der Waals surface area contributed by atoms with Crippen LogP contribution in [-0.2, 0) is 0 Å². The van der Waals surface area contributed by atoms with Gasteiger partial charge in [0.1, 0.15) is 0 Å². The maximum atomic E-state index is 11.8. The van der Waals surface area contributed by atoms with Crippen molar-refractivity contribution < 1.29 is 9.90 Å². The van der Waals surface area contributed by atoms with Crippen LogP contribution in [0.1, 0.15) is 23.2 Å². The number of nitrogens with two attached hydrogens (primary N) is 1. The van der Waals surface area contributed by atoms with Crippen LogP contribution in [0.5, 0.6) is 0 Å². The molecule has 1 aromatic carbocycles. The molecule has 5 heteroatoms. The lowest BCUT2D eigenvalue weighted by Crippen LogP contribution is -2.46. The van der Waals surface area contributed by atoms with Gasteiger partial charge in [-0.15, -0.1) is 0 Å². The van der Waals surface area contributed by atoms with Gasteiger partial charge in [-0.2, -0.15) is 0 Å². The van der Waals surface area contributed by atoms with Crippen molar-refractivity contribution in [3.05, 3.63) is 28.2 Å². The predicted molar refractivity (Wildman–Crippen MR) is 65.0 cm³/mol. The molecule has 16 heavy (non-hydrogen) atoms. The summed E-state index contributed by atoms with van der Waals surface area (Å²) in [7, 11) is 0. The number of nitrogens with one attached hydrogen (secondary N) is 1. The Morgan fingerprint density at radius 3 is 2.75 bits per heavy atom. The van der Waals surface area contributed by atoms with Gasteiger partial charge in [-0.3, -0.25) is 4.79 Å². The van der Waals surface area contributed by atoms with Gasteiger partial charge < -0.3 is 16.2 Å². The highest BCUT2D eigenvalue weighted by atomic mass is 79.9. The second-order valence-corrected chi connectivity index (χ2v) is 4.89. The Labute approximate surface area is 102 Å². The second-order valence-electron chi connectivity index (χ2n) is 4.03. The molecule has 1 saturated carbocycles. The summed E-state index contributed by atoms with van der Waals surface area (Å²) in [4.78, 5) is 11.8. The maximum Gasteiger partial charge on any atom is 0.251 e. The molecule has 1 fully saturated rings. The van der Waals surface area contributed by atoms with Crippen LogP contribution in [0.4, 0.5) is 5.69 Å². The van der Waals surface area contributed by atoms with Crippen LogP contribution in [0.25, 0.3) is 0 Å². The van der Waals surface area contributed by atoms with Gasteiger partial charge in [0.15, 0.2) is 0 Å². The van der Waals surface area contributed by atoms with E-state index in [9.17, 15) is 4.79 Å². The van der Waals surface area contributed by atoms with E-state index in [0.29, 0.717) is 24.1 Å². The molecule has 0 radical (unpaired) electrons. The average Bonchev–Trinajstić information content (AvgIpc) is 2.19. The number of rotatable bonds is 2. The van der Waals surface area contributed by atoms with Crippen molar-refractivity contribution in [2.24, 2.45) is 0 Å². The number of nitrogen functional groups attached to an aromatic ring is 1. The van der Waals surface area contributed by atoms with E-state index in [1.54, 1.807) is 18.2 Å². The lowest BCUT2D eigenvalue weighted by Gasteiger charge is -2.31. The zero-order chi connectivity index (χ0) is 11.7. The number of carbonyl (C=O) groups excluding carboxylic acids is 1. The molecule has 0 spiro atoms. The molecule has 0 atom stereocenters. The number of benzene rings is 1. The zero-order valence-corrected chi connectivity index (χ0v) is 10.2. The number of hydrogen-bond acceptors (Lipinski definition) is 3. The number of anilines is 1.